The molecule has 192 valence electrons. The van der Waals surface area contributed by atoms with Crippen molar-refractivity contribution in [2.75, 3.05) is 4.84 Å². The number of aromatic nitrogens is 5. The number of rotatable bonds is 5. The van der Waals surface area contributed by atoms with Crippen LogP contribution in [0, 0.1) is 11.3 Å². The van der Waals surface area contributed by atoms with Crippen molar-refractivity contribution in [2.45, 2.75) is 6.54 Å². The Morgan fingerprint density at radius 2 is 1.87 bits per heavy atom. The Bertz CT molecular complexity index is 1770. The third-order valence-electron chi connectivity index (χ3n) is 5.47. The van der Waals surface area contributed by atoms with Crippen molar-refractivity contribution in [1.82, 2.24) is 29.6 Å². The van der Waals surface area contributed by atoms with E-state index in [1.165, 1.54) is 27.7 Å². The molecule has 0 bridgehead atoms. The van der Waals surface area contributed by atoms with Gasteiger partial charge in [-0.3, -0.25) is 23.7 Å². The van der Waals surface area contributed by atoms with Crippen LogP contribution in [0.2, 0.25) is 0 Å². The van der Waals surface area contributed by atoms with Crippen LogP contribution >= 0.6 is 23.4 Å². The number of carbonyl (C=O) groups is 2. The molecule has 3 aromatic heterocycles. The van der Waals surface area contributed by atoms with Gasteiger partial charge < -0.3 is 9.73 Å². The summed E-state index contributed by atoms with van der Waals surface area (Å²) in [5, 5.41) is 14.9. The van der Waals surface area contributed by atoms with Crippen LogP contribution < -0.4 is 15.9 Å². The molecule has 5 aromatic rings. The first-order valence-electron chi connectivity index (χ1n) is 10.8. The summed E-state index contributed by atoms with van der Waals surface area (Å²) in [7, 11) is 3.30. The van der Waals surface area contributed by atoms with Crippen molar-refractivity contribution >= 4 is 62.5 Å². The van der Waals surface area contributed by atoms with Gasteiger partial charge in [0.15, 0.2) is 17.1 Å². The van der Waals surface area contributed by atoms with Crippen molar-refractivity contribution < 1.29 is 14.0 Å². The van der Waals surface area contributed by atoms with Gasteiger partial charge in [0.2, 0.25) is 0 Å². The van der Waals surface area contributed by atoms with E-state index in [1.54, 1.807) is 44.4 Å². The number of anilines is 1. The van der Waals surface area contributed by atoms with Gasteiger partial charge in [-0.15, -0.1) is 0 Å². The molecule has 5 rings (SSSR count). The lowest BCUT2D eigenvalue weighted by Crippen LogP contribution is -2.24. The lowest BCUT2D eigenvalue weighted by atomic mass is 10.2. The van der Waals surface area contributed by atoms with Crippen molar-refractivity contribution in [3.05, 3.63) is 81.7 Å². The van der Waals surface area contributed by atoms with E-state index >= 15 is 0 Å². The number of hydrogen-bond donors (Lipinski definition) is 2. The molecule has 2 N–H and O–H groups in total. The first-order chi connectivity index (χ1) is 18.2. The second-order valence-corrected chi connectivity index (χ2v) is 8.39. The molecule has 0 saturated heterocycles. The highest BCUT2D eigenvalue weighted by molar-refractivity contribution is 6.67. The maximum absolute atomic E-state index is 12.6. The summed E-state index contributed by atoms with van der Waals surface area (Å²) in [4.78, 5) is 45.4. The van der Waals surface area contributed by atoms with E-state index in [-0.39, 0.29) is 18.1 Å². The largest absolute Gasteiger partial charge is 0.419 e. The summed E-state index contributed by atoms with van der Waals surface area (Å²) >= 11 is 10.8. The molecule has 0 aliphatic heterocycles. The molecule has 0 fully saturated rings. The Labute approximate surface area is 224 Å². The fourth-order valence-electron chi connectivity index (χ4n) is 3.56. The molecular weight excluding hydrogens is 535 g/mol. The molecule has 3 heterocycles. The second-order valence-electron chi connectivity index (χ2n) is 7.86. The number of nitrogens with one attached hydrogen (secondary N) is 2. The Hall–Kier alpha value is -4.73. The van der Waals surface area contributed by atoms with Gasteiger partial charge >= 0.3 is 5.76 Å². The fourth-order valence-corrected chi connectivity index (χ4v) is 3.81. The molecule has 12 nitrogen and oxygen atoms in total. The number of carbonyl (C=O) groups excluding carboxylic acids is 2. The number of amides is 1. The van der Waals surface area contributed by atoms with E-state index in [2.05, 4.69) is 25.2 Å². The van der Waals surface area contributed by atoms with E-state index in [0.717, 1.165) is 5.56 Å². The average Bonchev–Trinajstić information content (AvgIpc) is 3.42. The summed E-state index contributed by atoms with van der Waals surface area (Å²) in [6.45, 7) is 0.248. The standard InChI is InChI=1S/C16H14ClN7O3.C8H4ClNO/c1-23-9-5-8(3-4-10(9)27-16(23)26)6-18-15(25)12-13-11(19-7-20-12)14(21-17)22-24(13)2;9-8(11)7-3-1-6(5-10)2-4-7/h3-5,7H,6H2,1-2H3,(H,18,25)(H,21,22);1-4H. The summed E-state index contributed by atoms with van der Waals surface area (Å²) in [6.07, 6.45) is 1.28. The van der Waals surface area contributed by atoms with Crippen molar-refractivity contribution in [3.8, 4) is 6.07 Å². The van der Waals surface area contributed by atoms with E-state index in [1.807, 2.05) is 6.07 Å². The number of halogens is 2. The highest BCUT2D eigenvalue weighted by atomic mass is 35.5. The van der Waals surface area contributed by atoms with E-state index < -0.39 is 11.0 Å². The predicted octanol–water partition coefficient (Wildman–Crippen LogP) is 3.24. The highest BCUT2D eigenvalue weighted by Crippen LogP contribution is 2.22. The molecule has 0 atom stereocenters. The minimum Gasteiger partial charge on any atom is -0.408 e. The van der Waals surface area contributed by atoms with Gasteiger partial charge in [0, 0.05) is 38.0 Å². The number of benzene rings is 2. The van der Waals surface area contributed by atoms with E-state index in [0.29, 0.717) is 39.1 Å². The van der Waals surface area contributed by atoms with Crippen LogP contribution in [0.1, 0.15) is 32.0 Å². The number of aryl methyl sites for hydroxylation is 2. The minimum atomic E-state index is -0.505. The number of nitrogens with zero attached hydrogens (tertiary/aromatic N) is 6. The molecule has 0 spiro atoms. The highest BCUT2D eigenvalue weighted by Gasteiger charge is 2.19. The summed E-state index contributed by atoms with van der Waals surface area (Å²) in [5.41, 5.74) is 3.98. The zero-order valence-electron chi connectivity index (χ0n) is 19.9. The normalized spacial score (nSPS) is 10.5. The van der Waals surface area contributed by atoms with Crippen LogP contribution in [0.5, 0.6) is 0 Å². The first-order valence-corrected chi connectivity index (χ1v) is 11.6. The maximum atomic E-state index is 12.6. The minimum absolute atomic E-state index is 0.185. The van der Waals surface area contributed by atoms with Gasteiger partial charge in [-0.2, -0.15) is 10.4 Å². The van der Waals surface area contributed by atoms with Crippen LogP contribution in [-0.2, 0) is 20.6 Å². The number of oxazole rings is 1. The predicted molar refractivity (Wildman–Crippen MR) is 140 cm³/mol. The molecule has 14 heteroatoms. The van der Waals surface area contributed by atoms with Gasteiger partial charge in [0.05, 0.1) is 17.1 Å². The lowest BCUT2D eigenvalue weighted by Gasteiger charge is -2.06. The zero-order valence-corrected chi connectivity index (χ0v) is 21.4. The second kappa shape index (κ2) is 11.1. The summed E-state index contributed by atoms with van der Waals surface area (Å²) < 4.78 is 8.00. The van der Waals surface area contributed by atoms with Crippen molar-refractivity contribution in [2.24, 2.45) is 14.1 Å². The quantitative estimate of drug-likeness (QED) is 0.246. The fraction of sp³-hybridized carbons (Fsp3) is 0.125. The van der Waals surface area contributed by atoms with Gasteiger partial charge in [-0.05, 0) is 53.6 Å². The summed E-state index contributed by atoms with van der Waals surface area (Å²) in [6, 6.07) is 13.3. The number of nitriles is 1. The Kier molecular flexibility index (Phi) is 7.71. The topological polar surface area (TPSA) is 161 Å². The van der Waals surface area contributed by atoms with Crippen LogP contribution in [0.4, 0.5) is 5.82 Å². The van der Waals surface area contributed by atoms with Crippen molar-refractivity contribution in [1.29, 1.82) is 5.26 Å². The molecule has 38 heavy (non-hydrogen) atoms. The third-order valence-corrected chi connectivity index (χ3v) is 5.87. The SMILES string of the molecule is Cn1nc(NCl)c2ncnc(C(=O)NCc3ccc4oc(=O)n(C)c4c3)c21.N#Cc1ccc(C(=O)Cl)cc1. The lowest BCUT2D eigenvalue weighted by molar-refractivity contribution is 0.0946. The van der Waals surface area contributed by atoms with Crippen molar-refractivity contribution in [3.63, 3.8) is 0 Å². The zero-order chi connectivity index (χ0) is 27.4. The Morgan fingerprint density at radius 3 is 2.53 bits per heavy atom. The van der Waals surface area contributed by atoms with E-state index in [9.17, 15) is 14.4 Å². The first kappa shape index (κ1) is 26.3. The molecule has 0 aliphatic rings. The molecular formula is C24H18Cl2N8O4. The van der Waals surface area contributed by atoms with Crippen LogP contribution in [0.15, 0.2) is 58.0 Å². The maximum Gasteiger partial charge on any atom is 0.419 e. The van der Waals surface area contributed by atoms with Crippen LogP contribution in [0.3, 0.4) is 0 Å². The molecule has 1 amide bonds. The molecule has 0 unspecified atom stereocenters. The average molecular weight is 553 g/mol. The van der Waals surface area contributed by atoms with Gasteiger partial charge in [-0.1, -0.05) is 6.07 Å². The monoisotopic (exact) mass is 552 g/mol. The van der Waals surface area contributed by atoms with Gasteiger partial charge in [0.1, 0.15) is 17.4 Å². The molecule has 0 aliphatic carbocycles. The number of fused-ring (bicyclic) bond motifs is 2. The smallest absolute Gasteiger partial charge is 0.408 e. The summed E-state index contributed by atoms with van der Waals surface area (Å²) in [5.74, 6) is -0.473. The molecule has 2 aromatic carbocycles. The van der Waals surface area contributed by atoms with Crippen LogP contribution in [-0.4, -0.2) is 35.5 Å². The Balaban J connectivity index is 0.000000257. The number of hydrogen-bond acceptors (Lipinski definition) is 9. The van der Waals surface area contributed by atoms with Gasteiger partial charge in [-0.25, -0.2) is 14.8 Å². The molecule has 0 saturated carbocycles. The third kappa shape index (κ3) is 5.34. The van der Waals surface area contributed by atoms with Crippen LogP contribution in [0.25, 0.3) is 22.1 Å². The van der Waals surface area contributed by atoms with E-state index in [4.69, 9.17) is 33.1 Å². The van der Waals surface area contributed by atoms with Gasteiger partial charge in [0.25, 0.3) is 11.1 Å². The molecule has 0 radical (unpaired) electrons. The Morgan fingerprint density at radius 1 is 1.13 bits per heavy atom.